The minimum absolute atomic E-state index is 0.169. The Bertz CT molecular complexity index is 1540. The quantitative estimate of drug-likeness (QED) is 0.328. The first kappa shape index (κ1) is 23.0. The molecule has 0 radical (unpaired) electrons. The zero-order valence-corrected chi connectivity index (χ0v) is 19.4. The van der Waals surface area contributed by atoms with Crippen molar-refractivity contribution in [1.82, 2.24) is 15.1 Å². The van der Waals surface area contributed by atoms with E-state index >= 15 is 0 Å². The van der Waals surface area contributed by atoms with Crippen molar-refractivity contribution in [2.45, 2.75) is 19.9 Å². The van der Waals surface area contributed by atoms with Crippen LogP contribution in [-0.2, 0) is 13.0 Å². The minimum atomic E-state index is -0.657. The van der Waals surface area contributed by atoms with Crippen molar-refractivity contribution in [1.29, 1.82) is 0 Å². The third-order valence-corrected chi connectivity index (χ3v) is 6.06. The van der Waals surface area contributed by atoms with Gasteiger partial charge >= 0.3 is 0 Å². The van der Waals surface area contributed by atoms with Gasteiger partial charge in [0.15, 0.2) is 5.69 Å². The summed E-state index contributed by atoms with van der Waals surface area (Å²) >= 11 is 0. The van der Waals surface area contributed by atoms with Gasteiger partial charge in [0.05, 0.1) is 11.5 Å². The minimum Gasteiger partial charge on any atom is -0.493 e. The van der Waals surface area contributed by atoms with E-state index in [0.29, 0.717) is 12.3 Å². The van der Waals surface area contributed by atoms with Gasteiger partial charge in [0.2, 0.25) is 5.43 Å². The molecule has 0 aliphatic carbocycles. The lowest BCUT2D eigenvalue weighted by Gasteiger charge is -2.12. The average molecular weight is 482 g/mol. The van der Waals surface area contributed by atoms with E-state index in [0.717, 1.165) is 28.9 Å². The van der Waals surface area contributed by atoms with Crippen molar-refractivity contribution in [3.05, 3.63) is 116 Å². The van der Waals surface area contributed by atoms with Gasteiger partial charge in [0, 0.05) is 30.8 Å². The van der Waals surface area contributed by atoms with Crippen LogP contribution in [0.2, 0.25) is 0 Å². The Morgan fingerprint density at radius 3 is 2.61 bits per heavy atom. The number of nitro benzene ring substituents is 1. The van der Waals surface area contributed by atoms with Gasteiger partial charge in [-0.1, -0.05) is 42.5 Å². The number of benzene rings is 3. The summed E-state index contributed by atoms with van der Waals surface area (Å²) in [5.41, 5.74) is 3.65. The summed E-state index contributed by atoms with van der Waals surface area (Å²) in [6.45, 7) is 2.50. The van der Waals surface area contributed by atoms with Crippen LogP contribution in [0, 0.1) is 17.0 Å². The third-order valence-electron chi connectivity index (χ3n) is 6.06. The molecule has 1 aromatic heterocycles. The largest absolute Gasteiger partial charge is 0.493 e. The highest BCUT2D eigenvalue weighted by Gasteiger charge is 2.20. The van der Waals surface area contributed by atoms with Crippen LogP contribution < -0.4 is 15.5 Å². The number of rotatable bonds is 6. The summed E-state index contributed by atoms with van der Waals surface area (Å²) in [7, 11) is 0. The molecule has 0 bridgehead atoms. The molecule has 1 amide bonds. The van der Waals surface area contributed by atoms with Gasteiger partial charge in [-0.05, 0) is 47.4 Å². The average Bonchev–Trinajstić information content (AvgIpc) is 3.36. The molecule has 3 aromatic carbocycles. The molecule has 1 N–H and O–H groups in total. The first-order valence-electron chi connectivity index (χ1n) is 11.4. The molecule has 5 rings (SSSR count). The molecule has 1 aliphatic heterocycles. The van der Waals surface area contributed by atoms with Gasteiger partial charge in [-0.2, -0.15) is 5.10 Å². The van der Waals surface area contributed by atoms with E-state index in [1.165, 1.54) is 34.5 Å². The number of fused-ring (bicyclic) bond motifs is 1. The second-order valence-electron chi connectivity index (χ2n) is 8.46. The molecule has 2 heterocycles. The number of carbonyl (C=O) groups excluding carboxylic acids is 1. The van der Waals surface area contributed by atoms with Crippen LogP contribution in [0.5, 0.6) is 5.75 Å². The summed E-state index contributed by atoms with van der Waals surface area (Å²) in [6, 6.07) is 21.2. The zero-order chi connectivity index (χ0) is 25.2. The van der Waals surface area contributed by atoms with Crippen LogP contribution in [0.3, 0.4) is 0 Å². The third kappa shape index (κ3) is 4.46. The predicted octanol–water partition coefficient (Wildman–Crippen LogP) is 3.98. The summed E-state index contributed by atoms with van der Waals surface area (Å²) in [4.78, 5) is 36.2. The number of nitrogens with one attached hydrogen (secondary N) is 1. The molecule has 0 fully saturated rings. The SMILES string of the molecule is Cc1cc(=O)c(C(=O)NCc2ccc(-c3ccc4c(c3)CCO4)cc2)nn1-c1ccccc1[N+](=O)[O-]. The highest BCUT2D eigenvalue weighted by atomic mass is 16.6. The predicted molar refractivity (Wildman–Crippen MR) is 133 cm³/mol. The van der Waals surface area contributed by atoms with Crippen LogP contribution in [0.1, 0.15) is 27.3 Å². The van der Waals surface area contributed by atoms with Crippen molar-refractivity contribution in [3.63, 3.8) is 0 Å². The molecule has 0 spiro atoms. The monoisotopic (exact) mass is 482 g/mol. The molecule has 9 heteroatoms. The summed E-state index contributed by atoms with van der Waals surface area (Å²) in [5, 5.41) is 18.3. The molecule has 0 saturated heterocycles. The normalized spacial score (nSPS) is 12.0. The fourth-order valence-corrected chi connectivity index (χ4v) is 4.19. The Labute approximate surface area is 206 Å². The zero-order valence-electron chi connectivity index (χ0n) is 19.4. The number of ether oxygens (including phenoxy) is 1. The van der Waals surface area contributed by atoms with Gasteiger partial charge in [0.25, 0.3) is 11.6 Å². The molecule has 0 atom stereocenters. The summed E-state index contributed by atoms with van der Waals surface area (Å²) in [5.74, 6) is 0.277. The number of aryl methyl sites for hydroxylation is 1. The number of nitrogens with zero attached hydrogens (tertiary/aromatic N) is 3. The molecule has 180 valence electrons. The standard InChI is InChI=1S/C27H22N4O5/c1-17-14-24(32)26(29-30(17)22-4-2-3-5-23(22)31(34)35)27(33)28-16-18-6-8-19(9-7-18)20-10-11-25-21(15-20)12-13-36-25/h2-11,14-15H,12-13,16H2,1H3,(H,28,33). The van der Waals surface area contributed by atoms with E-state index in [4.69, 9.17) is 4.74 Å². The first-order valence-corrected chi connectivity index (χ1v) is 11.4. The maximum absolute atomic E-state index is 12.8. The maximum Gasteiger partial charge on any atom is 0.294 e. The van der Waals surface area contributed by atoms with E-state index in [2.05, 4.69) is 16.5 Å². The fourth-order valence-electron chi connectivity index (χ4n) is 4.19. The Kier molecular flexibility index (Phi) is 6.03. The Hall–Kier alpha value is -4.79. The lowest BCUT2D eigenvalue weighted by Crippen LogP contribution is -2.31. The molecule has 36 heavy (non-hydrogen) atoms. The Morgan fingerprint density at radius 1 is 1.08 bits per heavy atom. The van der Waals surface area contributed by atoms with Crippen LogP contribution >= 0.6 is 0 Å². The number of amides is 1. The molecule has 4 aromatic rings. The number of para-hydroxylation sites is 2. The summed E-state index contributed by atoms with van der Waals surface area (Å²) in [6.07, 6.45) is 0.902. The van der Waals surface area contributed by atoms with E-state index in [-0.39, 0.29) is 23.6 Å². The molecule has 9 nitrogen and oxygen atoms in total. The molecular weight excluding hydrogens is 460 g/mol. The maximum atomic E-state index is 12.8. The lowest BCUT2D eigenvalue weighted by atomic mass is 10.0. The van der Waals surface area contributed by atoms with Crippen LogP contribution in [0.25, 0.3) is 16.8 Å². The van der Waals surface area contributed by atoms with Gasteiger partial charge in [0.1, 0.15) is 11.4 Å². The Balaban J connectivity index is 1.33. The van der Waals surface area contributed by atoms with Crippen molar-refractivity contribution < 1.29 is 14.5 Å². The van der Waals surface area contributed by atoms with Crippen molar-refractivity contribution in [2.75, 3.05) is 6.61 Å². The topological polar surface area (TPSA) is 116 Å². The van der Waals surface area contributed by atoms with Crippen molar-refractivity contribution >= 4 is 11.6 Å². The van der Waals surface area contributed by atoms with Gasteiger partial charge in [-0.3, -0.25) is 19.7 Å². The van der Waals surface area contributed by atoms with Crippen LogP contribution in [0.4, 0.5) is 5.69 Å². The number of hydrogen-bond donors (Lipinski definition) is 1. The number of aromatic nitrogens is 2. The first-order chi connectivity index (χ1) is 17.4. The van der Waals surface area contributed by atoms with Crippen molar-refractivity contribution in [3.8, 4) is 22.6 Å². The fraction of sp³-hybridized carbons (Fsp3) is 0.148. The van der Waals surface area contributed by atoms with E-state index in [9.17, 15) is 19.7 Å². The Morgan fingerprint density at radius 2 is 1.83 bits per heavy atom. The second kappa shape index (κ2) is 9.46. The van der Waals surface area contributed by atoms with E-state index in [1.54, 1.807) is 13.0 Å². The smallest absolute Gasteiger partial charge is 0.294 e. The molecular formula is C27H22N4O5. The second-order valence-corrected chi connectivity index (χ2v) is 8.46. The van der Waals surface area contributed by atoms with E-state index in [1.807, 2.05) is 36.4 Å². The number of hydrogen-bond acceptors (Lipinski definition) is 6. The molecule has 1 aliphatic rings. The number of nitro groups is 1. The molecule has 0 unspecified atom stereocenters. The number of carbonyl (C=O) groups is 1. The lowest BCUT2D eigenvalue weighted by molar-refractivity contribution is -0.384. The summed E-state index contributed by atoms with van der Waals surface area (Å²) < 4.78 is 6.80. The highest BCUT2D eigenvalue weighted by molar-refractivity contribution is 5.92. The highest BCUT2D eigenvalue weighted by Crippen LogP contribution is 2.30. The van der Waals surface area contributed by atoms with E-state index < -0.39 is 16.3 Å². The van der Waals surface area contributed by atoms with Gasteiger partial charge in [-0.15, -0.1) is 0 Å². The van der Waals surface area contributed by atoms with Crippen LogP contribution in [0.15, 0.2) is 77.6 Å². The van der Waals surface area contributed by atoms with Gasteiger partial charge in [-0.25, -0.2) is 4.68 Å². The van der Waals surface area contributed by atoms with Gasteiger partial charge < -0.3 is 10.1 Å². The van der Waals surface area contributed by atoms with Crippen LogP contribution in [-0.4, -0.2) is 27.2 Å². The molecule has 0 saturated carbocycles. The van der Waals surface area contributed by atoms with Crippen molar-refractivity contribution in [2.24, 2.45) is 0 Å².